The molecular formula is C16H13N3O2. The smallest absolute Gasteiger partial charge is 0.255 e. The van der Waals surface area contributed by atoms with E-state index in [1.54, 1.807) is 55.1 Å². The van der Waals surface area contributed by atoms with Gasteiger partial charge < -0.3 is 9.72 Å². The number of hydrogen-bond donors (Lipinski definition) is 1. The van der Waals surface area contributed by atoms with Crippen LogP contribution in [0.25, 0.3) is 5.52 Å². The van der Waals surface area contributed by atoms with Gasteiger partial charge in [-0.25, -0.2) is 4.98 Å². The standard InChI is InChI=1S/C16H13N3O2/c1-11(20)12-2-4-14(5-3-12)18-16(21)13-6-7-19-10-17-9-15(19)8-13/h2-10H,1H3,(H,18,21). The number of imidazole rings is 1. The quantitative estimate of drug-likeness (QED) is 0.750. The Bertz CT molecular complexity index is 819. The molecule has 0 saturated heterocycles. The normalized spacial score (nSPS) is 10.5. The molecule has 104 valence electrons. The number of pyridine rings is 1. The lowest BCUT2D eigenvalue weighted by Crippen LogP contribution is -2.12. The van der Waals surface area contributed by atoms with Crippen molar-refractivity contribution >= 4 is 22.9 Å². The van der Waals surface area contributed by atoms with Crippen molar-refractivity contribution in [2.75, 3.05) is 5.32 Å². The van der Waals surface area contributed by atoms with Gasteiger partial charge in [0.15, 0.2) is 5.78 Å². The summed E-state index contributed by atoms with van der Waals surface area (Å²) in [5.74, 6) is -0.201. The lowest BCUT2D eigenvalue weighted by Gasteiger charge is -2.06. The van der Waals surface area contributed by atoms with Crippen LogP contribution in [0.5, 0.6) is 0 Å². The number of rotatable bonds is 3. The highest BCUT2D eigenvalue weighted by molar-refractivity contribution is 6.05. The van der Waals surface area contributed by atoms with Crippen molar-refractivity contribution < 1.29 is 9.59 Å². The summed E-state index contributed by atoms with van der Waals surface area (Å²) in [6.07, 6.45) is 5.16. The van der Waals surface area contributed by atoms with Crippen LogP contribution in [-0.4, -0.2) is 21.1 Å². The maximum Gasteiger partial charge on any atom is 0.255 e. The number of Topliss-reactive ketones (excluding diaryl/α,β-unsaturated/α-hetero) is 1. The Hall–Kier alpha value is -2.95. The van der Waals surface area contributed by atoms with E-state index in [1.165, 1.54) is 6.92 Å². The fourth-order valence-electron chi connectivity index (χ4n) is 2.05. The highest BCUT2D eigenvalue weighted by Gasteiger charge is 2.07. The van der Waals surface area contributed by atoms with Crippen molar-refractivity contribution in [1.82, 2.24) is 9.38 Å². The summed E-state index contributed by atoms with van der Waals surface area (Å²) >= 11 is 0. The lowest BCUT2D eigenvalue weighted by molar-refractivity contribution is 0.101. The van der Waals surface area contributed by atoms with Crippen molar-refractivity contribution in [2.45, 2.75) is 6.92 Å². The van der Waals surface area contributed by atoms with Gasteiger partial charge in [-0.1, -0.05) is 0 Å². The van der Waals surface area contributed by atoms with Crippen molar-refractivity contribution in [3.63, 3.8) is 0 Å². The maximum atomic E-state index is 12.2. The number of benzene rings is 1. The Kier molecular flexibility index (Phi) is 3.23. The van der Waals surface area contributed by atoms with Gasteiger partial charge in [0, 0.05) is 23.0 Å². The van der Waals surface area contributed by atoms with Crippen LogP contribution in [0.3, 0.4) is 0 Å². The molecule has 2 aromatic heterocycles. The number of hydrogen-bond acceptors (Lipinski definition) is 3. The van der Waals surface area contributed by atoms with E-state index in [9.17, 15) is 9.59 Å². The summed E-state index contributed by atoms with van der Waals surface area (Å²) in [7, 11) is 0. The molecule has 0 fully saturated rings. The summed E-state index contributed by atoms with van der Waals surface area (Å²) in [6.45, 7) is 1.51. The number of amides is 1. The molecule has 0 unspecified atom stereocenters. The van der Waals surface area contributed by atoms with E-state index in [0.717, 1.165) is 5.52 Å². The second-order valence-electron chi connectivity index (χ2n) is 4.73. The maximum absolute atomic E-state index is 12.2. The molecule has 1 aromatic carbocycles. The van der Waals surface area contributed by atoms with E-state index in [0.29, 0.717) is 16.8 Å². The predicted molar refractivity (Wildman–Crippen MR) is 79.6 cm³/mol. The van der Waals surface area contributed by atoms with Crippen molar-refractivity contribution in [3.8, 4) is 0 Å². The van der Waals surface area contributed by atoms with E-state index in [1.807, 2.05) is 4.40 Å². The van der Waals surface area contributed by atoms with Crippen LogP contribution in [0, 0.1) is 0 Å². The second-order valence-corrected chi connectivity index (χ2v) is 4.73. The van der Waals surface area contributed by atoms with Crippen molar-refractivity contribution in [3.05, 3.63) is 66.2 Å². The van der Waals surface area contributed by atoms with Crippen LogP contribution >= 0.6 is 0 Å². The molecule has 3 rings (SSSR count). The third-order valence-corrected chi connectivity index (χ3v) is 3.23. The Balaban J connectivity index is 1.80. The van der Waals surface area contributed by atoms with Crippen LogP contribution in [0.1, 0.15) is 27.6 Å². The molecule has 3 aromatic rings. The van der Waals surface area contributed by atoms with Crippen LogP contribution in [0.2, 0.25) is 0 Å². The Morgan fingerprint density at radius 3 is 2.57 bits per heavy atom. The molecule has 1 amide bonds. The van der Waals surface area contributed by atoms with Gasteiger partial charge in [0.05, 0.1) is 18.0 Å². The molecular weight excluding hydrogens is 266 g/mol. The molecule has 0 atom stereocenters. The average Bonchev–Trinajstić information content (AvgIpc) is 2.95. The molecule has 1 N–H and O–H groups in total. The summed E-state index contributed by atoms with van der Waals surface area (Å²) in [5.41, 5.74) is 2.68. The fraction of sp³-hybridized carbons (Fsp3) is 0.0625. The third-order valence-electron chi connectivity index (χ3n) is 3.23. The van der Waals surface area contributed by atoms with Gasteiger partial charge in [-0.15, -0.1) is 0 Å². The Labute approximate surface area is 121 Å². The van der Waals surface area contributed by atoms with Gasteiger partial charge in [0.25, 0.3) is 5.91 Å². The molecule has 0 bridgehead atoms. The number of carbonyl (C=O) groups is 2. The minimum Gasteiger partial charge on any atom is -0.322 e. The summed E-state index contributed by atoms with van der Waals surface area (Å²) < 4.78 is 1.83. The number of nitrogens with zero attached hydrogens (tertiary/aromatic N) is 2. The number of anilines is 1. The molecule has 0 radical (unpaired) electrons. The first-order valence-electron chi connectivity index (χ1n) is 6.47. The number of fused-ring (bicyclic) bond motifs is 1. The number of ketones is 1. The van der Waals surface area contributed by atoms with Crippen LogP contribution in [-0.2, 0) is 0 Å². The van der Waals surface area contributed by atoms with Crippen LogP contribution in [0.4, 0.5) is 5.69 Å². The molecule has 0 aliphatic carbocycles. The van der Waals surface area contributed by atoms with Gasteiger partial charge in [0.1, 0.15) is 0 Å². The molecule has 0 aliphatic heterocycles. The first-order chi connectivity index (χ1) is 10.1. The minimum absolute atomic E-state index is 0.000870. The summed E-state index contributed by atoms with van der Waals surface area (Å²) in [4.78, 5) is 27.4. The SMILES string of the molecule is CC(=O)c1ccc(NC(=O)c2ccn3cncc3c2)cc1. The molecule has 21 heavy (non-hydrogen) atoms. The summed E-state index contributed by atoms with van der Waals surface area (Å²) in [6, 6.07) is 10.3. The van der Waals surface area contributed by atoms with Gasteiger partial charge in [0.2, 0.25) is 0 Å². The van der Waals surface area contributed by atoms with Crippen LogP contribution in [0.15, 0.2) is 55.1 Å². The Morgan fingerprint density at radius 2 is 1.86 bits per heavy atom. The highest BCUT2D eigenvalue weighted by Crippen LogP contribution is 2.13. The molecule has 0 saturated carbocycles. The highest BCUT2D eigenvalue weighted by atomic mass is 16.1. The van der Waals surface area contributed by atoms with Gasteiger partial charge >= 0.3 is 0 Å². The summed E-state index contributed by atoms with van der Waals surface area (Å²) in [5, 5.41) is 2.80. The molecule has 0 aliphatic rings. The second kappa shape index (κ2) is 5.20. The molecule has 5 heteroatoms. The van der Waals surface area contributed by atoms with E-state index < -0.39 is 0 Å². The number of aromatic nitrogens is 2. The first kappa shape index (κ1) is 13.1. The fourth-order valence-corrected chi connectivity index (χ4v) is 2.05. The lowest BCUT2D eigenvalue weighted by atomic mass is 10.1. The predicted octanol–water partition coefficient (Wildman–Crippen LogP) is 2.79. The van der Waals surface area contributed by atoms with E-state index in [4.69, 9.17) is 0 Å². The first-order valence-corrected chi connectivity index (χ1v) is 6.47. The molecule has 0 spiro atoms. The number of nitrogens with one attached hydrogen (secondary N) is 1. The number of carbonyl (C=O) groups excluding carboxylic acids is 2. The zero-order valence-electron chi connectivity index (χ0n) is 11.4. The molecule has 2 heterocycles. The zero-order valence-corrected chi connectivity index (χ0v) is 11.4. The molecule has 5 nitrogen and oxygen atoms in total. The average molecular weight is 279 g/mol. The van der Waals surface area contributed by atoms with E-state index in [-0.39, 0.29) is 11.7 Å². The monoisotopic (exact) mass is 279 g/mol. The zero-order chi connectivity index (χ0) is 14.8. The topological polar surface area (TPSA) is 63.5 Å². The van der Waals surface area contributed by atoms with Gasteiger partial charge in [-0.3, -0.25) is 9.59 Å². The van der Waals surface area contributed by atoms with E-state index >= 15 is 0 Å². The van der Waals surface area contributed by atoms with E-state index in [2.05, 4.69) is 10.3 Å². The van der Waals surface area contributed by atoms with Crippen molar-refractivity contribution in [2.24, 2.45) is 0 Å². The van der Waals surface area contributed by atoms with Gasteiger partial charge in [-0.05, 0) is 43.3 Å². The van der Waals surface area contributed by atoms with Gasteiger partial charge in [-0.2, -0.15) is 0 Å². The van der Waals surface area contributed by atoms with Crippen molar-refractivity contribution in [1.29, 1.82) is 0 Å². The minimum atomic E-state index is -0.200. The van der Waals surface area contributed by atoms with Crippen LogP contribution < -0.4 is 5.32 Å². The largest absolute Gasteiger partial charge is 0.322 e. The Morgan fingerprint density at radius 1 is 1.10 bits per heavy atom. The third kappa shape index (κ3) is 2.67.